The molecule has 0 atom stereocenters. The highest BCUT2D eigenvalue weighted by atomic mass is 32.2. The Morgan fingerprint density at radius 1 is 1.42 bits per heavy atom. The lowest BCUT2D eigenvalue weighted by atomic mass is 9.76. The van der Waals surface area contributed by atoms with Crippen molar-refractivity contribution in [2.45, 2.75) is 50.0 Å². The van der Waals surface area contributed by atoms with Crippen molar-refractivity contribution < 1.29 is 12.8 Å². The summed E-state index contributed by atoms with van der Waals surface area (Å²) in [5.41, 5.74) is 5.25. The number of nitrogens with one attached hydrogen (secondary N) is 1. The molecule has 0 bridgehead atoms. The maximum Gasteiger partial charge on any atom is 0.241 e. The molecule has 2 rings (SSSR count). The lowest BCUT2D eigenvalue weighted by Crippen LogP contribution is -2.52. The topological polar surface area (TPSA) is 72.2 Å². The summed E-state index contributed by atoms with van der Waals surface area (Å²) in [5.74, 6) is -0.562. The molecule has 4 nitrogen and oxygen atoms in total. The van der Waals surface area contributed by atoms with Crippen LogP contribution in [0.2, 0.25) is 0 Å². The summed E-state index contributed by atoms with van der Waals surface area (Å²) in [5, 5.41) is 0. The summed E-state index contributed by atoms with van der Waals surface area (Å²) < 4.78 is 40.8. The predicted octanol–water partition coefficient (Wildman–Crippen LogP) is 2.33. The third kappa shape index (κ3) is 2.60. The zero-order valence-electron chi connectivity index (χ0n) is 11.2. The number of anilines is 1. The smallest absolute Gasteiger partial charge is 0.241 e. The Hall–Kier alpha value is -1.14. The Morgan fingerprint density at radius 3 is 2.47 bits per heavy atom. The van der Waals surface area contributed by atoms with Crippen LogP contribution in [-0.2, 0) is 10.0 Å². The van der Waals surface area contributed by atoms with Crippen LogP contribution in [0.25, 0.3) is 0 Å². The molecule has 0 spiro atoms. The van der Waals surface area contributed by atoms with Gasteiger partial charge in [0.2, 0.25) is 10.0 Å². The molecule has 0 heterocycles. The maximum atomic E-state index is 13.4. The number of rotatable bonds is 4. The molecule has 1 aliphatic rings. The van der Waals surface area contributed by atoms with Gasteiger partial charge in [0, 0.05) is 5.54 Å². The summed E-state index contributed by atoms with van der Waals surface area (Å²) in [4.78, 5) is 0.0311. The number of nitrogen functional groups attached to an aromatic ring is 1. The number of hydrogen-bond donors (Lipinski definition) is 2. The van der Waals surface area contributed by atoms with E-state index in [4.69, 9.17) is 5.73 Å². The van der Waals surface area contributed by atoms with E-state index in [2.05, 4.69) is 4.72 Å². The first-order chi connectivity index (χ1) is 8.80. The third-order valence-electron chi connectivity index (χ3n) is 3.90. The van der Waals surface area contributed by atoms with Gasteiger partial charge in [-0.25, -0.2) is 17.5 Å². The first-order valence-electron chi connectivity index (χ1n) is 6.39. The van der Waals surface area contributed by atoms with Crippen molar-refractivity contribution in [3.63, 3.8) is 0 Å². The minimum absolute atomic E-state index is 0.0311. The number of sulfonamides is 1. The maximum absolute atomic E-state index is 13.4. The molecule has 0 aromatic heterocycles. The van der Waals surface area contributed by atoms with Crippen molar-refractivity contribution in [2.24, 2.45) is 0 Å². The Bertz CT molecular complexity index is 566. The van der Waals surface area contributed by atoms with E-state index in [-0.39, 0.29) is 21.7 Å². The molecule has 1 aromatic carbocycles. The Labute approximate surface area is 113 Å². The van der Waals surface area contributed by atoms with E-state index >= 15 is 0 Å². The van der Waals surface area contributed by atoms with Crippen LogP contribution in [0.15, 0.2) is 17.0 Å². The van der Waals surface area contributed by atoms with Crippen molar-refractivity contribution >= 4 is 15.7 Å². The van der Waals surface area contributed by atoms with Gasteiger partial charge in [0.1, 0.15) is 5.82 Å². The van der Waals surface area contributed by atoms with Crippen LogP contribution in [0.1, 0.15) is 38.2 Å². The van der Waals surface area contributed by atoms with Gasteiger partial charge in [0.05, 0.1) is 10.6 Å². The summed E-state index contributed by atoms with van der Waals surface area (Å²) in [7, 11) is -3.65. The van der Waals surface area contributed by atoms with E-state index in [1.165, 1.54) is 19.1 Å². The molecule has 19 heavy (non-hydrogen) atoms. The largest absolute Gasteiger partial charge is 0.396 e. The second-order valence-corrected chi connectivity index (χ2v) is 6.92. The fourth-order valence-corrected chi connectivity index (χ4v) is 4.04. The fourth-order valence-electron chi connectivity index (χ4n) is 2.39. The fraction of sp³-hybridized carbons (Fsp3) is 0.538. The van der Waals surface area contributed by atoms with Gasteiger partial charge in [-0.2, -0.15) is 0 Å². The predicted molar refractivity (Wildman–Crippen MR) is 72.7 cm³/mol. The molecule has 3 N–H and O–H groups in total. The molecule has 0 aliphatic heterocycles. The second kappa shape index (κ2) is 4.76. The molecule has 106 valence electrons. The van der Waals surface area contributed by atoms with Crippen LogP contribution in [0, 0.1) is 12.7 Å². The first-order valence-corrected chi connectivity index (χ1v) is 7.87. The summed E-state index contributed by atoms with van der Waals surface area (Å²) in [6, 6.07) is 2.49. The minimum atomic E-state index is -3.65. The van der Waals surface area contributed by atoms with Crippen LogP contribution < -0.4 is 10.5 Å². The summed E-state index contributed by atoms with van der Waals surface area (Å²) >= 11 is 0. The van der Waals surface area contributed by atoms with Crippen molar-refractivity contribution in [1.82, 2.24) is 4.72 Å². The molecule has 1 saturated carbocycles. The van der Waals surface area contributed by atoms with E-state index in [9.17, 15) is 12.8 Å². The highest BCUT2D eigenvalue weighted by molar-refractivity contribution is 7.89. The van der Waals surface area contributed by atoms with Crippen LogP contribution in [-0.4, -0.2) is 14.0 Å². The monoisotopic (exact) mass is 286 g/mol. The van der Waals surface area contributed by atoms with Crippen LogP contribution in [0.4, 0.5) is 10.1 Å². The van der Waals surface area contributed by atoms with Gasteiger partial charge in [0.25, 0.3) is 0 Å². The molecule has 1 fully saturated rings. The molecule has 1 aliphatic carbocycles. The van der Waals surface area contributed by atoms with Gasteiger partial charge in [0.15, 0.2) is 0 Å². The molecular formula is C13H19FN2O2S. The Balaban J connectivity index is 2.35. The summed E-state index contributed by atoms with van der Waals surface area (Å²) in [6.07, 6.45) is 3.47. The van der Waals surface area contributed by atoms with Gasteiger partial charge in [-0.3, -0.25) is 0 Å². The zero-order valence-corrected chi connectivity index (χ0v) is 12.0. The number of hydrogen-bond acceptors (Lipinski definition) is 3. The van der Waals surface area contributed by atoms with Crippen molar-refractivity contribution in [3.05, 3.63) is 23.5 Å². The highest BCUT2D eigenvalue weighted by Gasteiger charge is 2.39. The van der Waals surface area contributed by atoms with E-state index in [0.29, 0.717) is 0 Å². The normalized spacial score (nSPS) is 18.1. The zero-order chi connectivity index (χ0) is 14.3. The van der Waals surface area contributed by atoms with E-state index < -0.39 is 15.8 Å². The SMILES string of the molecule is CCC1(NS(=O)(=O)c2cc(C)c(F)c(N)c2)CCC1. The molecule has 0 radical (unpaired) electrons. The summed E-state index contributed by atoms with van der Waals surface area (Å²) in [6.45, 7) is 3.47. The molecule has 0 saturated heterocycles. The molecule has 1 aromatic rings. The van der Waals surface area contributed by atoms with Crippen LogP contribution in [0.5, 0.6) is 0 Å². The first kappa shape index (κ1) is 14.3. The Kier molecular flexibility index (Phi) is 3.57. The third-order valence-corrected chi connectivity index (χ3v) is 5.46. The number of aryl methyl sites for hydroxylation is 1. The molecular weight excluding hydrogens is 267 g/mol. The van der Waals surface area contributed by atoms with Gasteiger partial charge >= 0.3 is 0 Å². The van der Waals surface area contributed by atoms with E-state index in [1.807, 2.05) is 6.92 Å². The lowest BCUT2D eigenvalue weighted by Gasteiger charge is -2.41. The average Bonchev–Trinajstić information content (AvgIpc) is 2.30. The van der Waals surface area contributed by atoms with Crippen LogP contribution in [0.3, 0.4) is 0 Å². The van der Waals surface area contributed by atoms with Gasteiger partial charge < -0.3 is 5.73 Å². The van der Waals surface area contributed by atoms with Gasteiger partial charge in [-0.05, 0) is 50.3 Å². The molecule has 0 amide bonds. The average molecular weight is 286 g/mol. The van der Waals surface area contributed by atoms with Crippen LogP contribution >= 0.6 is 0 Å². The van der Waals surface area contributed by atoms with E-state index in [0.717, 1.165) is 25.7 Å². The van der Waals surface area contributed by atoms with Crippen molar-refractivity contribution in [3.8, 4) is 0 Å². The number of halogens is 1. The quantitative estimate of drug-likeness (QED) is 0.834. The van der Waals surface area contributed by atoms with Gasteiger partial charge in [-0.1, -0.05) is 6.92 Å². The van der Waals surface area contributed by atoms with E-state index in [1.54, 1.807) is 0 Å². The van der Waals surface area contributed by atoms with Crippen molar-refractivity contribution in [1.29, 1.82) is 0 Å². The molecule has 0 unspecified atom stereocenters. The standard InChI is InChI=1S/C13H19FN2O2S/c1-3-13(5-4-6-13)16-19(17,18)10-7-9(2)12(14)11(15)8-10/h7-8,16H,3-6,15H2,1-2H3. The lowest BCUT2D eigenvalue weighted by molar-refractivity contribution is 0.214. The number of benzene rings is 1. The Morgan fingerprint density at radius 2 is 2.05 bits per heavy atom. The number of nitrogens with two attached hydrogens (primary N) is 1. The minimum Gasteiger partial charge on any atom is -0.396 e. The van der Waals surface area contributed by atoms with Crippen molar-refractivity contribution in [2.75, 3.05) is 5.73 Å². The second-order valence-electron chi connectivity index (χ2n) is 5.24. The van der Waals surface area contributed by atoms with Gasteiger partial charge in [-0.15, -0.1) is 0 Å². The molecule has 6 heteroatoms. The highest BCUT2D eigenvalue weighted by Crippen LogP contribution is 2.36.